The molecule has 2 aromatic carbocycles. The zero-order valence-corrected chi connectivity index (χ0v) is 14.4. The number of hydrogen-bond donors (Lipinski definition) is 4. The zero-order chi connectivity index (χ0) is 18.1. The summed E-state index contributed by atoms with van der Waals surface area (Å²) in [7, 11) is 0. The van der Waals surface area contributed by atoms with Crippen molar-refractivity contribution < 1.29 is 9.90 Å². The van der Waals surface area contributed by atoms with Crippen molar-refractivity contribution in [3.05, 3.63) is 59.1 Å². The average Bonchev–Trinajstić information content (AvgIpc) is 3.24. The Morgan fingerprint density at radius 3 is 2.73 bits per heavy atom. The molecule has 3 aromatic rings. The molecule has 0 spiro atoms. The van der Waals surface area contributed by atoms with E-state index in [9.17, 15) is 9.90 Å². The van der Waals surface area contributed by atoms with E-state index < -0.39 is 11.9 Å². The number of nitrogens with one attached hydrogen (secondary N) is 3. The van der Waals surface area contributed by atoms with E-state index in [1.54, 1.807) is 6.07 Å². The Balaban J connectivity index is 1.49. The molecule has 0 bridgehead atoms. The van der Waals surface area contributed by atoms with Crippen molar-refractivity contribution in [3.8, 4) is 5.88 Å². The van der Waals surface area contributed by atoms with Crippen LogP contribution in [0.15, 0.2) is 58.8 Å². The van der Waals surface area contributed by atoms with Crippen LogP contribution < -0.4 is 10.9 Å². The van der Waals surface area contributed by atoms with E-state index in [4.69, 9.17) is 11.6 Å². The summed E-state index contributed by atoms with van der Waals surface area (Å²) in [4.78, 5) is 15.2. The highest BCUT2D eigenvalue weighted by Crippen LogP contribution is 2.35. The van der Waals surface area contributed by atoms with E-state index in [1.807, 2.05) is 42.5 Å². The second kappa shape index (κ2) is 6.87. The first kappa shape index (κ1) is 16.7. The lowest BCUT2D eigenvalue weighted by molar-refractivity contribution is -0.120. The van der Waals surface area contributed by atoms with E-state index >= 15 is 0 Å². The molecule has 1 fully saturated rings. The van der Waals surface area contributed by atoms with Crippen LogP contribution in [0.1, 0.15) is 18.0 Å². The third-order valence-electron chi connectivity index (χ3n) is 4.39. The van der Waals surface area contributed by atoms with Crippen molar-refractivity contribution in [1.29, 1.82) is 0 Å². The molecule has 4 rings (SSSR count). The van der Waals surface area contributed by atoms with Gasteiger partial charge < -0.3 is 10.1 Å². The molecule has 1 aliphatic heterocycles. The number of aromatic nitrogens is 1. The summed E-state index contributed by atoms with van der Waals surface area (Å²) in [5.74, 6) is -0.536. The highest BCUT2D eigenvalue weighted by atomic mass is 35.5. The summed E-state index contributed by atoms with van der Waals surface area (Å²) in [6.45, 7) is 0. The van der Waals surface area contributed by atoms with Crippen LogP contribution in [0.25, 0.3) is 10.9 Å². The van der Waals surface area contributed by atoms with Crippen molar-refractivity contribution in [1.82, 2.24) is 15.8 Å². The number of carbonyl (C=O) groups is 1. The Kier molecular flexibility index (Phi) is 4.42. The van der Waals surface area contributed by atoms with Gasteiger partial charge in [-0.2, -0.15) is 0 Å². The van der Waals surface area contributed by atoms with Gasteiger partial charge in [0.25, 0.3) is 5.91 Å². The van der Waals surface area contributed by atoms with Gasteiger partial charge in [-0.3, -0.25) is 4.79 Å². The number of amides is 1. The number of fused-ring (bicyclic) bond motifs is 1. The van der Waals surface area contributed by atoms with Gasteiger partial charge in [-0.25, -0.2) is 10.9 Å². The Bertz CT molecular complexity index is 1000. The normalized spacial score (nSPS) is 20.2. The molecule has 2 unspecified atom stereocenters. The number of rotatable bonds is 3. The third kappa shape index (κ3) is 3.08. The molecule has 26 heavy (non-hydrogen) atoms. The van der Waals surface area contributed by atoms with Crippen LogP contribution >= 0.6 is 11.6 Å². The van der Waals surface area contributed by atoms with Gasteiger partial charge in [-0.1, -0.05) is 48.0 Å². The van der Waals surface area contributed by atoms with E-state index in [-0.39, 0.29) is 17.6 Å². The quantitative estimate of drug-likeness (QED) is 0.528. The van der Waals surface area contributed by atoms with Crippen LogP contribution in [0, 0.1) is 0 Å². The van der Waals surface area contributed by atoms with E-state index in [0.29, 0.717) is 16.8 Å². The number of aromatic hydroxyl groups is 1. The van der Waals surface area contributed by atoms with Crippen LogP contribution in [-0.4, -0.2) is 22.0 Å². The zero-order valence-electron chi connectivity index (χ0n) is 13.6. The molecule has 0 aliphatic carbocycles. The minimum absolute atomic E-state index is 0.0886. The predicted octanol–water partition coefficient (Wildman–Crippen LogP) is 3.75. The molecule has 2 heterocycles. The first-order chi connectivity index (χ1) is 12.6. The molecule has 8 heteroatoms. The van der Waals surface area contributed by atoms with Gasteiger partial charge in [0.05, 0.1) is 5.52 Å². The van der Waals surface area contributed by atoms with Crippen LogP contribution in [0.3, 0.4) is 0 Å². The molecule has 1 aromatic heterocycles. The van der Waals surface area contributed by atoms with E-state index in [2.05, 4.69) is 26.1 Å². The maximum Gasteiger partial charge on any atom is 0.282 e. The maximum absolute atomic E-state index is 12.4. The summed E-state index contributed by atoms with van der Waals surface area (Å²) in [6, 6.07) is 14.2. The molecule has 1 amide bonds. The molecule has 1 saturated heterocycles. The number of benzene rings is 2. The number of halogens is 1. The third-order valence-corrected chi connectivity index (χ3v) is 4.73. The summed E-state index contributed by atoms with van der Waals surface area (Å²) >= 11 is 6.21. The molecular formula is C18H16ClN5O2. The van der Waals surface area contributed by atoms with Crippen molar-refractivity contribution in [2.24, 2.45) is 10.2 Å². The minimum atomic E-state index is -0.521. The van der Waals surface area contributed by atoms with Crippen molar-refractivity contribution in [2.75, 3.05) is 0 Å². The van der Waals surface area contributed by atoms with Crippen molar-refractivity contribution in [3.63, 3.8) is 0 Å². The fraction of sp³-hybridized carbons (Fsp3) is 0.167. The Labute approximate surface area is 154 Å². The number of carbonyl (C=O) groups excluding carboxylic acids is 1. The summed E-state index contributed by atoms with van der Waals surface area (Å²) in [6.07, 6.45) is 0.501. The second-order valence-corrected chi connectivity index (χ2v) is 6.46. The van der Waals surface area contributed by atoms with Crippen LogP contribution in [0.2, 0.25) is 5.02 Å². The second-order valence-electron chi connectivity index (χ2n) is 6.06. The van der Waals surface area contributed by atoms with Crippen LogP contribution in [-0.2, 0) is 4.79 Å². The maximum atomic E-state index is 12.4. The lowest BCUT2D eigenvalue weighted by Gasteiger charge is -2.10. The number of hydrazine groups is 1. The van der Waals surface area contributed by atoms with Gasteiger partial charge in [0.1, 0.15) is 6.04 Å². The van der Waals surface area contributed by atoms with E-state index in [1.165, 1.54) is 0 Å². The number of para-hydroxylation sites is 1. The fourth-order valence-electron chi connectivity index (χ4n) is 3.06. The van der Waals surface area contributed by atoms with Crippen molar-refractivity contribution in [2.45, 2.75) is 18.5 Å². The summed E-state index contributed by atoms with van der Waals surface area (Å²) < 4.78 is 0. The number of aromatic amines is 1. The minimum Gasteiger partial charge on any atom is -0.493 e. The largest absolute Gasteiger partial charge is 0.493 e. The molecule has 132 valence electrons. The van der Waals surface area contributed by atoms with Gasteiger partial charge in [0, 0.05) is 16.5 Å². The molecule has 1 aliphatic rings. The lowest BCUT2D eigenvalue weighted by atomic mass is 10.0. The molecule has 0 saturated carbocycles. The molecular weight excluding hydrogens is 354 g/mol. The topological polar surface area (TPSA) is 102 Å². The lowest BCUT2D eigenvalue weighted by Crippen LogP contribution is -2.35. The molecule has 4 N–H and O–H groups in total. The standard InChI is InChI=1S/C18H16ClN5O2/c19-12-7-3-1-5-10(12)14-9-15(22-21-14)17(25)24-23-16-11-6-2-4-8-13(11)20-18(16)26/h1-8,14-15,20-22,26H,9H2. The number of azo groups is 1. The van der Waals surface area contributed by atoms with E-state index in [0.717, 1.165) is 11.1 Å². The first-order valence-electron chi connectivity index (χ1n) is 8.14. The average molecular weight is 370 g/mol. The molecule has 2 atom stereocenters. The van der Waals surface area contributed by atoms with Crippen LogP contribution in [0.4, 0.5) is 5.69 Å². The van der Waals surface area contributed by atoms with Gasteiger partial charge in [-0.15, -0.1) is 10.2 Å². The smallest absolute Gasteiger partial charge is 0.282 e. The Morgan fingerprint density at radius 1 is 1.12 bits per heavy atom. The highest BCUT2D eigenvalue weighted by Gasteiger charge is 2.31. The Morgan fingerprint density at radius 2 is 1.88 bits per heavy atom. The Hall–Kier alpha value is -2.74. The van der Waals surface area contributed by atoms with Gasteiger partial charge in [-0.05, 0) is 24.1 Å². The fourth-order valence-corrected chi connectivity index (χ4v) is 3.33. The number of hydrogen-bond acceptors (Lipinski definition) is 5. The van der Waals surface area contributed by atoms with Gasteiger partial charge in [0.2, 0.25) is 5.88 Å². The highest BCUT2D eigenvalue weighted by molar-refractivity contribution is 6.31. The first-order valence-corrected chi connectivity index (χ1v) is 8.52. The number of nitrogens with zero attached hydrogens (tertiary/aromatic N) is 2. The summed E-state index contributed by atoms with van der Waals surface area (Å²) in [5, 5.41) is 19.1. The van der Waals surface area contributed by atoms with Crippen molar-refractivity contribution >= 4 is 34.1 Å². The summed E-state index contributed by atoms with van der Waals surface area (Å²) in [5.41, 5.74) is 7.90. The molecule has 7 nitrogen and oxygen atoms in total. The number of H-pyrrole nitrogens is 1. The SMILES string of the molecule is O=C(N=Nc1c(O)[nH]c2ccccc12)C1CC(c2ccccc2Cl)NN1. The predicted molar refractivity (Wildman–Crippen MR) is 98.4 cm³/mol. The van der Waals surface area contributed by atoms with Gasteiger partial charge >= 0.3 is 0 Å². The molecule has 0 radical (unpaired) electrons. The monoisotopic (exact) mass is 369 g/mol. The van der Waals surface area contributed by atoms with Crippen LogP contribution in [0.5, 0.6) is 5.88 Å². The van der Waals surface area contributed by atoms with Gasteiger partial charge in [0.15, 0.2) is 5.69 Å².